The highest BCUT2D eigenvalue weighted by molar-refractivity contribution is 8.00. The van der Waals surface area contributed by atoms with Gasteiger partial charge in [0.1, 0.15) is 0 Å². The van der Waals surface area contributed by atoms with Crippen LogP contribution in [0, 0.1) is 0 Å². The molecule has 1 N–H and O–H groups in total. The summed E-state index contributed by atoms with van der Waals surface area (Å²) in [5, 5.41) is 11.3. The van der Waals surface area contributed by atoms with Gasteiger partial charge < -0.3 is 5.11 Å². The van der Waals surface area contributed by atoms with Gasteiger partial charge in [-0.2, -0.15) is 0 Å². The van der Waals surface area contributed by atoms with Gasteiger partial charge in [-0.3, -0.25) is 0 Å². The Hall–Kier alpha value is 0.110. The fraction of sp³-hybridized carbons (Fsp3) is 0.500. The van der Waals surface area contributed by atoms with Gasteiger partial charge in [-0.15, -0.1) is 11.8 Å². The Morgan fingerprint density at radius 3 is 2.56 bits per heavy atom. The fourth-order valence-corrected chi connectivity index (χ4v) is 3.56. The molecule has 1 nitrogen and oxygen atoms in total. The second kappa shape index (κ2) is 5.63. The molecule has 1 aromatic carbocycles. The Balaban J connectivity index is 2.05. The van der Waals surface area contributed by atoms with E-state index in [9.17, 15) is 5.11 Å². The molecule has 0 radical (unpaired) electrons. The molecule has 4 heteroatoms. The number of hydrogen-bond donors (Lipinski definition) is 1. The van der Waals surface area contributed by atoms with Crippen LogP contribution in [0.3, 0.4) is 0 Å². The highest BCUT2D eigenvalue weighted by Crippen LogP contribution is 2.36. The molecule has 0 bridgehead atoms. The zero-order chi connectivity index (χ0) is 11.5. The second-order valence-electron chi connectivity index (χ2n) is 4.08. The third-order valence-corrected chi connectivity index (χ3v) is 4.96. The molecule has 0 aliphatic heterocycles. The number of rotatable bonds is 2. The molecular weight excluding hydrogens is 263 g/mol. The molecule has 2 atom stereocenters. The number of aliphatic hydroxyl groups is 1. The van der Waals surface area contributed by atoms with E-state index in [1.165, 1.54) is 6.42 Å². The number of hydrogen-bond acceptors (Lipinski definition) is 2. The Bertz CT molecular complexity index is 370. The maximum absolute atomic E-state index is 9.87. The first kappa shape index (κ1) is 12.6. The topological polar surface area (TPSA) is 20.2 Å². The molecule has 2 unspecified atom stereocenters. The van der Waals surface area contributed by atoms with Crippen molar-refractivity contribution in [3.63, 3.8) is 0 Å². The Labute approximate surface area is 110 Å². The lowest BCUT2D eigenvalue weighted by molar-refractivity contribution is 0.137. The Kier molecular flexibility index (Phi) is 4.42. The van der Waals surface area contributed by atoms with Crippen molar-refractivity contribution in [2.75, 3.05) is 0 Å². The minimum Gasteiger partial charge on any atom is -0.392 e. The average Bonchev–Trinajstić information content (AvgIpc) is 2.27. The molecule has 0 amide bonds. The van der Waals surface area contributed by atoms with Gasteiger partial charge in [0.05, 0.1) is 16.1 Å². The number of aliphatic hydroxyl groups excluding tert-OH is 1. The summed E-state index contributed by atoms with van der Waals surface area (Å²) in [6.07, 6.45) is 4.15. The minimum atomic E-state index is -0.187. The third kappa shape index (κ3) is 3.07. The molecule has 0 saturated heterocycles. The summed E-state index contributed by atoms with van der Waals surface area (Å²) in [6.45, 7) is 0. The molecular formula is C12H14Cl2OS. The van der Waals surface area contributed by atoms with Gasteiger partial charge in [-0.05, 0) is 31.0 Å². The lowest BCUT2D eigenvalue weighted by Crippen LogP contribution is -2.26. The van der Waals surface area contributed by atoms with Crippen LogP contribution in [0.4, 0.5) is 0 Å². The molecule has 1 aliphatic carbocycles. The summed E-state index contributed by atoms with van der Waals surface area (Å²) < 4.78 is 0. The maximum atomic E-state index is 9.87. The molecule has 2 rings (SSSR count). The van der Waals surface area contributed by atoms with Crippen molar-refractivity contribution in [3.8, 4) is 0 Å². The van der Waals surface area contributed by atoms with E-state index in [1.54, 1.807) is 17.8 Å². The quantitative estimate of drug-likeness (QED) is 0.865. The molecule has 1 fully saturated rings. The number of thioether (sulfide) groups is 1. The van der Waals surface area contributed by atoms with Crippen molar-refractivity contribution in [1.82, 2.24) is 0 Å². The van der Waals surface area contributed by atoms with Gasteiger partial charge in [0.2, 0.25) is 0 Å². The van der Waals surface area contributed by atoms with Crippen LogP contribution in [0.5, 0.6) is 0 Å². The van der Waals surface area contributed by atoms with Gasteiger partial charge in [-0.25, -0.2) is 0 Å². The standard InChI is InChI=1S/C12H14Cl2OS/c13-9-6-5-8(7-10(9)14)16-12-4-2-1-3-11(12)15/h5-7,11-12,15H,1-4H2. The molecule has 0 aromatic heterocycles. The van der Waals surface area contributed by atoms with E-state index in [0.717, 1.165) is 24.2 Å². The Morgan fingerprint density at radius 1 is 1.12 bits per heavy atom. The highest BCUT2D eigenvalue weighted by Gasteiger charge is 2.23. The molecule has 88 valence electrons. The lowest BCUT2D eigenvalue weighted by Gasteiger charge is -2.26. The average molecular weight is 277 g/mol. The van der Waals surface area contributed by atoms with E-state index in [0.29, 0.717) is 15.3 Å². The van der Waals surface area contributed by atoms with Crippen molar-refractivity contribution in [3.05, 3.63) is 28.2 Å². The van der Waals surface area contributed by atoms with Crippen LogP contribution in [0.1, 0.15) is 25.7 Å². The summed E-state index contributed by atoms with van der Waals surface area (Å²) >= 11 is 13.5. The first-order valence-corrected chi connectivity index (χ1v) is 7.10. The zero-order valence-electron chi connectivity index (χ0n) is 8.83. The fourth-order valence-electron chi connectivity index (χ4n) is 1.94. The van der Waals surface area contributed by atoms with Crippen LogP contribution >= 0.6 is 35.0 Å². The highest BCUT2D eigenvalue weighted by atomic mass is 35.5. The minimum absolute atomic E-state index is 0.187. The second-order valence-corrected chi connectivity index (χ2v) is 6.21. The summed E-state index contributed by atoms with van der Waals surface area (Å²) in [7, 11) is 0. The molecule has 0 heterocycles. The van der Waals surface area contributed by atoms with Gasteiger partial charge in [0.15, 0.2) is 0 Å². The van der Waals surface area contributed by atoms with E-state index in [4.69, 9.17) is 23.2 Å². The Morgan fingerprint density at radius 2 is 1.88 bits per heavy atom. The van der Waals surface area contributed by atoms with Crippen LogP contribution in [0.2, 0.25) is 10.0 Å². The van der Waals surface area contributed by atoms with Crippen molar-refractivity contribution < 1.29 is 5.11 Å². The normalized spacial score (nSPS) is 25.7. The summed E-state index contributed by atoms with van der Waals surface area (Å²) in [5.74, 6) is 0. The first-order chi connectivity index (χ1) is 7.66. The van der Waals surface area contributed by atoms with Crippen molar-refractivity contribution >= 4 is 35.0 Å². The van der Waals surface area contributed by atoms with E-state index in [2.05, 4.69) is 0 Å². The predicted molar refractivity (Wildman–Crippen MR) is 70.6 cm³/mol. The first-order valence-electron chi connectivity index (χ1n) is 5.46. The monoisotopic (exact) mass is 276 g/mol. The molecule has 16 heavy (non-hydrogen) atoms. The third-order valence-electron chi connectivity index (χ3n) is 2.85. The van der Waals surface area contributed by atoms with Gasteiger partial charge in [0, 0.05) is 10.1 Å². The number of benzene rings is 1. The van der Waals surface area contributed by atoms with Crippen LogP contribution in [-0.2, 0) is 0 Å². The van der Waals surface area contributed by atoms with E-state index in [-0.39, 0.29) is 6.10 Å². The van der Waals surface area contributed by atoms with Crippen molar-refractivity contribution in [2.24, 2.45) is 0 Å². The van der Waals surface area contributed by atoms with Gasteiger partial charge in [-0.1, -0.05) is 36.0 Å². The molecule has 1 saturated carbocycles. The summed E-state index contributed by atoms with van der Waals surface area (Å²) in [6, 6.07) is 5.64. The maximum Gasteiger partial charge on any atom is 0.0662 e. The molecule has 1 aromatic rings. The van der Waals surface area contributed by atoms with Crippen LogP contribution in [0.25, 0.3) is 0 Å². The summed E-state index contributed by atoms with van der Waals surface area (Å²) in [4.78, 5) is 1.08. The molecule has 1 aliphatic rings. The van der Waals surface area contributed by atoms with E-state index < -0.39 is 0 Å². The largest absolute Gasteiger partial charge is 0.392 e. The lowest BCUT2D eigenvalue weighted by atomic mass is 9.97. The van der Waals surface area contributed by atoms with E-state index in [1.807, 2.05) is 12.1 Å². The smallest absolute Gasteiger partial charge is 0.0662 e. The summed E-state index contributed by atoms with van der Waals surface area (Å²) in [5.41, 5.74) is 0. The van der Waals surface area contributed by atoms with E-state index >= 15 is 0 Å². The van der Waals surface area contributed by atoms with Gasteiger partial charge in [0.25, 0.3) is 0 Å². The van der Waals surface area contributed by atoms with Crippen LogP contribution < -0.4 is 0 Å². The van der Waals surface area contributed by atoms with Crippen LogP contribution in [0.15, 0.2) is 23.1 Å². The zero-order valence-corrected chi connectivity index (χ0v) is 11.2. The molecule has 0 spiro atoms. The number of halogens is 2. The van der Waals surface area contributed by atoms with Crippen LogP contribution in [-0.4, -0.2) is 16.5 Å². The van der Waals surface area contributed by atoms with Crippen molar-refractivity contribution in [2.45, 2.75) is 41.9 Å². The SMILES string of the molecule is OC1CCCCC1Sc1ccc(Cl)c(Cl)c1. The van der Waals surface area contributed by atoms with Crippen molar-refractivity contribution in [1.29, 1.82) is 0 Å². The predicted octanol–water partition coefficient (Wildman–Crippen LogP) is 4.39. The van der Waals surface area contributed by atoms with Gasteiger partial charge >= 0.3 is 0 Å².